The average molecular weight is 261 g/mol. The van der Waals surface area contributed by atoms with Gasteiger partial charge in [0, 0.05) is 18.0 Å². The fourth-order valence-corrected chi connectivity index (χ4v) is 1.61. The third-order valence-corrected chi connectivity index (χ3v) is 2.52. The van der Waals surface area contributed by atoms with Crippen molar-refractivity contribution in [2.24, 2.45) is 5.73 Å². The fourth-order valence-electron chi connectivity index (χ4n) is 1.61. The molecule has 2 nitrogen and oxygen atoms in total. The molecule has 2 N–H and O–H groups in total. The van der Waals surface area contributed by atoms with E-state index in [2.05, 4.69) is 0 Å². The van der Waals surface area contributed by atoms with Crippen LogP contribution in [0.5, 0.6) is 5.75 Å². The van der Waals surface area contributed by atoms with Crippen molar-refractivity contribution in [2.45, 2.75) is 38.9 Å². The molecule has 1 aromatic carbocycles. The molecule has 5 heteroatoms. The summed E-state index contributed by atoms with van der Waals surface area (Å²) >= 11 is 0. The van der Waals surface area contributed by atoms with E-state index in [0.717, 1.165) is 11.1 Å². The molecule has 1 atom stereocenters. The van der Waals surface area contributed by atoms with Crippen LogP contribution in [-0.4, -0.2) is 12.8 Å². The predicted molar refractivity (Wildman–Crippen MR) is 64.6 cm³/mol. The third kappa shape index (κ3) is 4.96. The molecule has 0 amide bonds. The molecule has 1 aromatic rings. The van der Waals surface area contributed by atoms with Crippen molar-refractivity contribution >= 4 is 0 Å². The van der Waals surface area contributed by atoms with Crippen LogP contribution in [0, 0.1) is 6.92 Å². The van der Waals surface area contributed by atoms with E-state index < -0.39 is 12.6 Å². The zero-order valence-corrected chi connectivity index (χ0v) is 10.6. The van der Waals surface area contributed by atoms with Crippen LogP contribution in [0.1, 0.15) is 36.9 Å². The van der Waals surface area contributed by atoms with E-state index in [1.165, 1.54) is 0 Å². The van der Waals surface area contributed by atoms with Crippen molar-refractivity contribution in [1.29, 1.82) is 0 Å². The minimum atomic E-state index is -4.12. The number of benzene rings is 1. The summed E-state index contributed by atoms with van der Waals surface area (Å²) in [5.74, 6) is 0.567. The largest absolute Gasteiger partial charge is 0.493 e. The maximum absolute atomic E-state index is 12.0. The SMILES string of the molecule is Cc1ccc(OCCCC(F)(F)F)c([C@H](C)N)c1. The minimum Gasteiger partial charge on any atom is -0.493 e. The first-order chi connectivity index (χ1) is 8.29. The van der Waals surface area contributed by atoms with Gasteiger partial charge in [-0.15, -0.1) is 0 Å². The molecule has 0 aromatic heterocycles. The molecule has 0 aliphatic rings. The Morgan fingerprint density at radius 2 is 2.00 bits per heavy atom. The van der Waals surface area contributed by atoms with Crippen LogP contribution in [-0.2, 0) is 0 Å². The highest BCUT2D eigenvalue weighted by atomic mass is 19.4. The van der Waals surface area contributed by atoms with E-state index in [1.54, 1.807) is 6.07 Å². The Kier molecular flexibility index (Phi) is 5.02. The van der Waals surface area contributed by atoms with Gasteiger partial charge < -0.3 is 10.5 Å². The monoisotopic (exact) mass is 261 g/mol. The van der Waals surface area contributed by atoms with Crippen LogP contribution in [0.25, 0.3) is 0 Å². The van der Waals surface area contributed by atoms with Crippen molar-refractivity contribution in [3.63, 3.8) is 0 Å². The van der Waals surface area contributed by atoms with E-state index in [-0.39, 0.29) is 19.1 Å². The molecule has 102 valence electrons. The first-order valence-corrected chi connectivity index (χ1v) is 5.85. The Hall–Kier alpha value is -1.23. The normalized spacial score (nSPS) is 13.4. The first kappa shape index (κ1) is 14.8. The second-order valence-electron chi connectivity index (χ2n) is 4.40. The van der Waals surface area contributed by atoms with Gasteiger partial charge in [0.05, 0.1) is 6.61 Å². The zero-order valence-electron chi connectivity index (χ0n) is 10.6. The summed E-state index contributed by atoms with van der Waals surface area (Å²) in [7, 11) is 0. The van der Waals surface area contributed by atoms with Crippen LogP contribution >= 0.6 is 0 Å². The van der Waals surface area contributed by atoms with Gasteiger partial charge in [-0.2, -0.15) is 13.2 Å². The highest BCUT2D eigenvalue weighted by Gasteiger charge is 2.26. The summed E-state index contributed by atoms with van der Waals surface area (Å²) in [5, 5.41) is 0. The molecule has 18 heavy (non-hydrogen) atoms. The number of hydrogen-bond acceptors (Lipinski definition) is 2. The predicted octanol–water partition coefficient (Wildman–Crippen LogP) is 3.74. The van der Waals surface area contributed by atoms with E-state index in [4.69, 9.17) is 10.5 Å². The summed E-state index contributed by atoms with van der Waals surface area (Å²) < 4.78 is 41.3. The van der Waals surface area contributed by atoms with Crippen LogP contribution in [0.15, 0.2) is 18.2 Å². The number of halogens is 3. The minimum absolute atomic E-state index is 0.0439. The molecule has 0 aliphatic carbocycles. The van der Waals surface area contributed by atoms with Crippen LogP contribution in [0.3, 0.4) is 0 Å². The molecular formula is C13H18F3NO. The molecule has 0 saturated carbocycles. The standard InChI is InChI=1S/C13H18F3NO/c1-9-4-5-12(11(8-9)10(2)17)18-7-3-6-13(14,15)16/h4-5,8,10H,3,6-7,17H2,1-2H3/t10-/m0/s1. The second kappa shape index (κ2) is 6.09. The summed E-state index contributed by atoms with van der Waals surface area (Å²) in [4.78, 5) is 0. The fraction of sp³-hybridized carbons (Fsp3) is 0.538. The van der Waals surface area contributed by atoms with Gasteiger partial charge in [-0.05, 0) is 26.3 Å². The lowest BCUT2D eigenvalue weighted by molar-refractivity contribution is -0.136. The maximum Gasteiger partial charge on any atom is 0.389 e. The van der Waals surface area contributed by atoms with E-state index in [9.17, 15) is 13.2 Å². The molecule has 0 fully saturated rings. The van der Waals surface area contributed by atoms with Gasteiger partial charge in [0.2, 0.25) is 0 Å². The molecule has 1 rings (SSSR count). The topological polar surface area (TPSA) is 35.2 Å². The molecule has 0 radical (unpaired) electrons. The first-order valence-electron chi connectivity index (χ1n) is 5.85. The van der Waals surface area contributed by atoms with Crippen molar-refractivity contribution < 1.29 is 17.9 Å². The van der Waals surface area contributed by atoms with Gasteiger partial charge in [-0.1, -0.05) is 17.7 Å². The van der Waals surface area contributed by atoms with Crippen LogP contribution in [0.2, 0.25) is 0 Å². The summed E-state index contributed by atoms with van der Waals surface area (Å²) in [5.41, 5.74) is 7.66. The Morgan fingerprint density at radius 3 is 2.56 bits per heavy atom. The highest BCUT2D eigenvalue weighted by Crippen LogP contribution is 2.26. The Bertz CT molecular complexity index is 388. The third-order valence-electron chi connectivity index (χ3n) is 2.52. The zero-order chi connectivity index (χ0) is 13.8. The van der Waals surface area contributed by atoms with E-state index in [1.807, 2.05) is 26.0 Å². The summed E-state index contributed by atoms with van der Waals surface area (Å²) in [6, 6.07) is 5.29. The Balaban J connectivity index is 2.57. The second-order valence-corrected chi connectivity index (χ2v) is 4.40. The van der Waals surface area contributed by atoms with Crippen LogP contribution < -0.4 is 10.5 Å². The van der Waals surface area contributed by atoms with Gasteiger partial charge in [-0.25, -0.2) is 0 Å². The van der Waals surface area contributed by atoms with Crippen molar-refractivity contribution in [3.05, 3.63) is 29.3 Å². The molecule has 0 spiro atoms. The lowest BCUT2D eigenvalue weighted by Crippen LogP contribution is -2.12. The number of ether oxygens (including phenoxy) is 1. The van der Waals surface area contributed by atoms with Crippen molar-refractivity contribution in [3.8, 4) is 5.75 Å². The maximum atomic E-state index is 12.0. The van der Waals surface area contributed by atoms with Gasteiger partial charge in [0.25, 0.3) is 0 Å². The molecule has 0 heterocycles. The lowest BCUT2D eigenvalue weighted by Gasteiger charge is -2.15. The molecule has 0 unspecified atom stereocenters. The van der Waals surface area contributed by atoms with Gasteiger partial charge in [0.1, 0.15) is 5.75 Å². The van der Waals surface area contributed by atoms with Crippen LogP contribution in [0.4, 0.5) is 13.2 Å². The average Bonchev–Trinajstić information content (AvgIpc) is 2.24. The molecule has 0 aliphatic heterocycles. The molecular weight excluding hydrogens is 243 g/mol. The number of hydrogen-bond donors (Lipinski definition) is 1. The van der Waals surface area contributed by atoms with Crippen molar-refractivity contribution in [1.82, 2.24) is 0 Å². The highest BCUT2D eigenvalue weighted by molar-refractivity contribution is 5.38. The van der Waals surface area contributed by atoms with Gasteiger partial charge in [-0.3, -0.25) is 0 Å². The van der Waals surface area contributed by atoms with Gasteiger partial charge >= 0.3 is 6.18 Å². The number of aryl methyl sites for hydroxylation is 1. The molecule has 0 bridgehead atoms. The van der Waals surface area contributed by atoms with Gasteiger partial charge in [0.15, 0.2) is 0 Å². The summed E-state index contributed by atoms with van der Waals surface area (Å²) in [6.07, 6.45) is -5.00. The smallest absolute Gasteiger partial charge is 0.389 e. The lowest BCUT2D eigenvalue weighted by atomic mass is 10.1. The quantitative estimate of drug-likeness (QED) is 0.819. The summed E-state index contributed by atoms with van der Waals surface area (Å²) in [6.45, 7) is 3.79. The van der Waals surface area contributed by atoms with E-state index in [0.29, 0.717) is 5.75 Å². The van der Waals surface area contributed by atoms with E-state index >= 15 is 0 Å². The van der Waals surface area contributed by atoms with Crippen molar-refractivity contribution in [2.75, 3.05) is 6.61 Å². The Morgan fingerprint density at radius 1 is 1.33 bits per heavy atom. The number of alkyl halides is 3. The number of rotatable bonds is 5. The number of nitrogens with two attached hydrogens (primary N) is 1. The molecule has 0 saturated heterocycles. The Labute approximate surface area is 105 Å².